The van der Waals surface area contributed by atoms with E-state index in [0.717, 1.165) is 38.5 Å². The number of nitrogens with zero attached hydrogens (tertiary/aromatic N) is 3. The lowest BCUT2D eigenvalue weighted by molar-refractivity contribution is -0.174. The van der Waals surface area contributed by atoms with Crippen molar-refractivity contribution in [1.82, 2.24) is 5.32 Å². The highest BCUT2D eigenvalue weighted by Gasteiger charge is 2.62. The number of fused-ring (bicyclic) bond motifs is 5. The minimum absolute atomic E-state index is 0.0215. The maximum Gasteiger partial charge on any atom is 0.243 e. The van der Waals surface area contributed by atoms with Gasteiger partial charge in [0.25, 0.3) is 0 Å². The molecular weight excluding hydrogens is 428 g/mol. The quantitative estimate of drug-likeness (QED) is 0.201. The molecule has 7 nitrogen and oxygen atoms in total. The predicted molar refractivity (Wildman–Crippen MR) is 132 cm³/mol. The molecule has 4 aliphatic rings. The van der Waals surface area contributed by atoms with Gasteiger partial charge in [-0.05, 0) is 122 Å². The Morgan fingerprint density at radius 2 is 1.88 bits per heavy atom. The SMILES string of the molecule is C[C@H](CCC=CC(=O)NCN=[N+]=[N-])[C@H]1CC[C@H]2[C@@H]3C(O)C[C@@H]4C[C@H](O)CC[C@]4(C)[C@H]3CC[C@]12C. The van der Waals surface area contributed by atoms with E-state index in [-0.39, 0.29) is 35.6 Å². The number of aliphatic hydroxyl groups is 2. The van der Waals surface area contributed by atoms with Crippen LogP contribution in [0, 0.1) is 46.3 Å². The Hall–Kier alpha value is -1.56. The van der Waals surface area contributed by atoms with Gasteiger partial charge in [0.1, 0.15) is 0 Å². The molecular formula is C27H44N4O3. The molecule has 4 aliphatic carbocycles. The van der Waals surface area contributed by atoms with Crippen LogP contribution in [0.25, 0.3) is 10.4 Å². The van der Waals surface area contributed by atoms with Crippen molar-refractivity contribution < 1.29 is 15.0 Å². The maximum atomic E-state index is 11.7. The second kappa shape index (κ2) is 10.2. The Morgan fingerprint density at radius 3 is 2.65 bits per heavy atom. The second-order valence-corrected chi connectivity index (χ2v) is 12.3. The summed E-state index contributed by atoms with van der Waals surface area (Å²) in [6, 6.07) is 0. The Kier molecular flexibility index (Phi) is 7.66. The van der Waals surface area contributed by atoms with Gasteiger partial charge in [-0.1, -0.05) is 32.0 Å². The minimum Gasteiger partial charge on any atom is -0.393 e. The Bertz CT molecular complexity index is 827. The van der Waals surface area contributed by atoms with Crippen LogP contribution in [0.3, 0.4) is 0 Å². The highest BCUT2D eigenvalue weighted by Crippen LogP contribution is 2.68. The fourth-order valence-corrected chi connectivity index (χ4v) is 9.13. The number of hydrogen-bond donors (Lipinski definition) is 3. The summed E-state index contributed by atoms with van der Waals surface area (Å²) in [7, 11) is 0. The van der Waals surface area contributed by atoms with E-state index in [1.165, 1.54) is 25.7 Å². The number of azide groups is 1. The zero-order chi connectivity index (χ0) is 24.5. The number of rotatable bonds is 7. The van der Waals surface area contributed by atoms with Gasteiger partial charge >= 0.3 is 0 Å². The van der Waals surface area contributed by atoms with E-state index < -0.39 is 0 Å². The highest BCUT2D eigenvalue weighted by atomic mass is 16.3. The number of hydrogen-bond acceptors (Lipinski definition) is 4. The summed E-state index contributed by atoms with van der Waals surface area (Å²) in [5, 5.41) is 27.5. The van der Waals surface area contributed by atoms with Crippen LogP contribution in [0.1, 0.15) is 85.0 Å². The van der Waals surface area contributed by atoms with Crippen LogP contribution < -0.4 is 5.32 Å². The average molecular weight is 473 g/mol. The van der Waals surface area contributed by atoms with Crippen molar-refractivity contribution >= 4 is 5.91 Å². The molecule has 7 heteroatoms. The first-order chi connectivity index (χ1) is 16.2. The Balaban J connectivity index is 1.38. The van der Waals surface area contributed by atoms with Crippen LogP contribution in [0.2, 0.25) is 0 Å². The summed E-state index contributed by atoms with van der Waals surface area (Å²) in [6.07, 6.45) is 13.7. The molecule has 0 radical (unpaired) electrons. The van der Waals surface area contributed by atoms with Gasteiger partial charge in [0.2, 0.25) is 5.91 Å². The van der Waals surface area contributed by atoms with Crippen LogP contribution in [0.4, 0.5) is 0 Å². The molecule has 0 aliphatic heterocycles. The molecule has 1 amide bonds. The monoisotopic (exact) mass is 472 g/mol. The molecule has 4 saturated carbocycles. The molecule has 3 N–H and O–H groups in total. The van der Waals surface area contributed by atoms with E-state index in [9.17, 15) is 15.0 Å². The molecule has 1 unspecified atom stereocenters. The summed E-state index contributed by atoms with van der Waals surface area (Å²) < 4.78 is 0. The van der Waals surface area contributed by atoms with Crippen molar-refractivity contribution in [2.75, 3.05) is 6.67 Å². The van der Waals surface area contributed by atoms with E-state index in [1.807, 2.05) is 6.08 Å². The first kappa shape index (κ1) is 25.5. The number of allylic oxidation sites excluding steroid dienone is 1. The molecule has 0 aromatic rings. The predicted octanol–water partition coefficient (Wildman–Crippen LogP) is 5.33. The van der Waals surface area contributed by atoms with Gasteiger partial charge in [-0.25, -0.2) is 0 Å². The standard InChI is InChI=1S/C27H44N4O3/c1-17(6-4-5-7-24(34)29-16-30-31-28)20-8-9-21-25-22(11-13-27(20,21)3)26(2)12-10-19(32)14-18(26)15-23(25)33/h5,7,17-23,25,32-33H,4,6,8-16H2,1-3H3,(H,29,34)/t17-,18+,19-,20-,21+,22+,23?,25+,26+,27-/m1/s1. The fourth-order valence-electron chi connectivity index (χ4n) is 9.13. The van der Waals surface area contributed by atoms with E-state index in [4.69, 9.17) is 5.53 Å². The lowest BCUT2D eigenvalue weighted by Crippen LogP contribution is -2.58. The molecule has 0 bridgehead atoms. The Morgan fingerprint density at radius 1 is 1.15 bits per heavy atom. The summed E-state index contributed by atoms with van der Waals surface area (Å²) in [5.41, 5.74) is 8.84. The van der Waals surface area contributed by atoms with Crippen LogP contribution in [-0.4, -0.2) is 35.0 Å². The van der Waals surface area contributed by atoms with Gasteiger partial charge in [0, 0.05) is 4.91 Å². The van der Waals surface area contributed by atoms with E-state index in [0.29, 0.717) is 35.5 Å². The van der Waals surface area contributed by atoms with Crippen molar-refractivity contribution in [1.29, 1.82) is 0 Å². The lowest BCUT2D eigenvalue weighted by Gasteiger charge is -2.62. The molecule has 0 aromatic carbocycles. The molecule has 0 spiro atoms. The van der Waals surface area contributed by atoms with Crippen molar-refractivity contribution in [3.8, 4) is 0 Å². The smallest absolute Gasteiger partial charge is 0.243 e. The molecule has 0 heterocycles. The van der Waals surface area contributed by atoms with E-state index >= 15 is 0 Å². The summed E-state index contributed by atoms with van der Waals surface area (Å²) >= 11 is 0. The number of nitrogens with one attached hydrogen (secondary N) is 1. The van der Waals surface area contributed by atoms with E-state index in [1.54, 1.807) is 6.08 Å². The topological polar surface area (TPSA) is 118 Å². The third-order valence-electron chi connectivity index (χ3n) is 10.9. The van der Waals surface area contributed by atoms with Gasteiger partial charge < -0.3 is 15.5 Å². The van der Waals surface area contributed by atoms with Crippen molar-refractivity contribution in [2.24, 2.45) is 51.5 Å². The van der Waals surface area contributed by atoms with Crippen molar-refractivity contribution in [2.45, 2.75) is 97.2 Å². The molecule has 190 valence electrons. The Labute approximate surface area is 204 Å². The molecule has 34 heavy (non-hydrogen) atoms. The largest absolute Gasteiger partial charge is 0.393 e. The number of carbonyl (C=O) groups excluding carboxylic acids is 1. The molecule has 10 atom stereocenters. The molecule has 4 fully saturated rings. The average Bonchev–Trinajstić information content (AvgIpc) is 3.15. The number of aliphatic hydroxyl groups excluding tert-OH is 2. The molecule has 0 saturated heterocycles. The first-order valence-corrected chi connectivity index (χ1v) is 13.5. The summed E-state index contributed by atoms with van der Waals surface area (Å²) in [5.74, 6) is 3.08. The maximum absolute atomic E-state index is 11.7. The van der Waals surface area contributed by atoms with Gasteiger partial charge in [0.15, 0.2) is 0 Å². The van der Waals surface area contributed by atoms with Crippen molar-refractivity contribution in [3.05, 3.63) is 22.6 Å². The summed E-state index contributed by atoms with van der Waals surface area (Å²) in [4.78, 5) is 14.4. The van der Waals surface area contributed by atoms with Crippen LogP contribution >= 0.6 is 0 Å². The fraction of sp³-hybridized carbons (Fsp3) is 0.889. The van der Waals surface area contributed by atoms with Gasteiger partial charge in [-0.15, -0.1) is 0 Å². The van der Waals surface area contributed by atoms with Gasteiger partial charge in [0.05, 0.1) is 18.9 Å². The highest BCUT2D eigenvalue weighted by molar-refractivity contribution is 5.87. The van der Waals surface area contributed by atoms with Crippen molar-refractivity contribution in [3.63, 3.8) is 0 Å². The summed E-state index contributed by atoms with van der Waals surface area (Å²) in [6.45, 7) is 7.33. The van der Waals surface area contributed by atoms with Gasteiger partial charge in [-0.3, -0.25) is 4.79 Å². The lowest BCUT2D eigenvalue weighted by atomic mass is 9.43. The minimum atomic E-state index is -0.223. The third kappa shape index (κ3) is 4.64. The van der Waals surface area contributed by atoms with Crippen LogP contribution in [0.5, 0.6) is 0 Å². The molecule has 0 aromatic heterocycles. The number of amides is 1. The van der Waals surface area contributed by atoms with Crippen LogP contribution in [0.15, 0.2) is 17.3 Å². The second-order valence-electron chi connectivity index (χ2n) is 12.3. The first-order valence-electron chi connectivity index (χ1n) is 13.5. The zero-order valence-electron chi connectivity index (χ0n) is 21.2. The number of carbonyl (C=O) groups is 1. The molecule has 4 rings (SSSR count). The normalized spacial score (nSPS) is 44.4. The third-order valence-corrected chi connectivity index (χ3v) is 10.9. The zero-order valence-corrected chi connectivity index (χ0v) is 21.2. The van der Waals surface area contributed by atoms with E-state index in [2.05, 4.69) is 36.1 Å². The van der Waals surface area contributed by atoms with Crippen LogP contribution in [-0.2, 0) is 4.79 Å². The van der Waals surface area contributed by atoms with Gasteiger partial charge in [-0.2, -0.15) is 0 Å².